The summed E-state index contributed by atoms with van der Waals surface area (Å²) in [6.07, 6.45) is 0.482. The maximum absolute atomic E-state index is 11.3. The van der Waals surface area contributed by atoms with Crippen LogP contribution >= 0.6 is 0 Å². The average Bonchev–Trinajstić information content (AvgIpc) is 2.44. The molecule has 1 aliphatic carbocycles. The number of hydrogen-bond donors (Lipinski definition) is 2. The molecule has 12 heavy (non-hydrogen) atoms. The predicted molar refractivity (Wildman–Crippen MR) is 45.5 cm³/mol. The van der Waals surface area contributed by atoms with Crippen LogP contribution in [0, 0.1) is 0 Å². The van der Waals surface area contributed by atoms with Crippen molar-refractivity contribution in [2.24, 2.45) is 5.84 Å². The second-order valence-corrected chi connectivity index (χ2v) is 2.93. The monoisotopic (exact) mass is 162 g/mol. The van der Waals surface area contributed by atoms with Crippen LogP contribution in [0.25, 0.3) is 0 Å². The number of nitrogens with two attached hydrogens (primary N) is 1. The Kier molecular flexibility index (Phi) is 1.67. The molecule has 0 saturated carbocycles. The van der Waals surface area contributed by atoms with Gasteiger partial charge in [0.05, 0.1) is 6.04 Å². The third kappa shape index (κ3) is 0.948. The van der Waals surface area contributed by atoms with E-state index in [1.54, 1.807) is 0 Å². The molecule has 1 aromatic rings. The van der Waals surface area contributed by atoms with Crippen LogP contribution in [0.2, 0.25) is 0 Å². The molecule has 3 N–H and O–H groups in total. The lowest BCUT2D eigenvalue weighted by molar-refractivity contribution is 0.0986. The van der Waals surface area contributed by atoms with E-state index in [4.69, 9.17) is 5.84 Å². The number of carbonyl (C=O) groups is 1. The Bertz CT molecular complexity index is 322. The van der Waals surface area contributed by atoms with Gasteiger partial charge in [-0.25, -0.2) is 0 Å². The van der Waals surface area contributed by atoms with E-state index in [2.05, 4.69) is 5.43 Å². The highest BCUT2D eigenvalue weighted by atomic mass is 16.1. The van der Waals surface area contributed by atoms with Crippen molar-refractivity contribution in [2.45, 2.75) is 12.5 Å². The molecule has 1 unspecified atom stereocenters. The van der Waals surface area contributed by atoms with Crippen LogP contribution in [0.4, 0.5) is 0 Å². The average molecular weight is 162 g/mol. The first-order valence-corrected chi connectivity index (χ1v) is 3.91. The Hall–Kier alpha value is -1.19. The quantitative estimate of drug-likeness (QED) is 0.474. The summed E-state index contributed by atoms with van der Waals surface area (Å²) < 4.78 is 0. The van der Waals surface area contributed by atoms with Gasteiger partial charge in [0.1, 0.15) is 0 Å². The summed E-state index contributed by atoms with van der Waals surface area (Å²) in [5, 5.41) is 0. The summed E-state index contributed by atoms with van der Waals surface area (Å²) in [5.41, 5.74) is 4.45. The van der Waals surface area contributed by atoms with Crippen molar-refractivity contribution in [3.05, 3.63) is 35.4 Å². The van der Waals surface area contributed by atoms with Crippen molar-refractivity contribution < 1.29 is 4.79 Å². The third-order valence-corrected chi connectivity index (χ3v) is 2.23. The Balaban J connectivity index is 2.50. The van der Waals surface area contributed by atoms with E-state index in [0.717, 1.165) is 11.1 Å². The number of fused-ring (bicyclic) bond motifs is 1. The van der Waals surface area contributed by atoms with E-state index in [-0.39, 0.29) is 11.8 Å². The summed E-state index contributed by atoms with van der Waals surface area (Å²) in [6.45, 7) is 0. The van der Waals surface area contributed by atoms with Gasteiger partial charge in [0.15, 0.2) is 5.78 Å². The van der Waals surface area contributed by atoms with Gasteiger partial charge in [-0.2, -0.15) is 0 Å². The van der Waals surface area contributed by atoms with E-state index in [0.29, 0.717) is 6.42 Å². The van der Waals surface area contributed by atoms with Gasteiger partial charge in [0.25, 0.3) is 0 Å². The van der Waals surface area contributed by atoms with Crippen LogP contribution in [0.3, 0.4) is 0 Å². The van der Waals surface area contributed by atoms with Crippen LogP contribution in [-0.4, -0.2) is 5.78 Å². The van der Waals surface area contributed by atoms with E-state index in [1.807, 2.05) is 24.3 Å². The minimum atomic E-state index is 0.00806. The fourth-order valence-electron chi connectivity index (χ4n) is 1.61. The highest BCUT2D eigenvalue weighted by Crippen LogP contribution is 2.29. The SMILES string of the molecule is NNC1CC(=O)c2ccccc21. The molecule has 62 valence electrons. The molecule has 3 nitrogen and oxygen atoms in total. The number of ketones is 1. The number of nitrogens with one attached hydrogen (secondary N) is 1. The third-order valence-electron chi connectivity index (χ3n) is 2.23. The van der Waals surface area contributed by atoms with Crippen molar-refractivity contribution in [1.82, 2.24) is 5.43 Å². The van der Waals surface area contributed by atoms with Crippen LogP contribution in [0.15, 0.2) is 24.3 Å². The summed E-state index contributed by atoms with van der Waals surface area (Å²) in [4.78, 5) is 11.3. The maximum Gasteiger partial charge on any atom is 0.165 e. The molecular weight excluding hydrogens is 152 g/mol. The number of hydrogen-bond acceptors (Lipinski definition) is 3. The maximum atomic E-state index is 11.3. The molecule has 0 radical (unpaired) electrons. The highest BCUT2D eigenvalue weighted by Gasteiger charge is 2.27. The molecule has 0 fully saturated rings. The summed E-state index contributed by atoms with van der Waals surface area (Å²) in [7, 11) is 0. The number of rotatable bonds is 1. The molecule has 0 amide bonds. The number of hydrazine groups is 1. The molecule has 2 rings (SSSR count). The van der Waals surface area contributed by atoms with Gasteiger partial charge in [0, 0.05) is 12.0 Å². The second kappa shape index (κ2) is 2.69. The first kappa shape index (κ1) is 7.46. The summed E-state index contributed by atoms with van der Waals surface area (Å²) in [6, 6.07) is 7.57. The summed E-state index contributed by atoms with van der Waals surface area (Å²) in [5.74, 6) is 5.48. The van der Waals surface area contributed by atoms with E-state index >= 15 is 0 Å². The van der Waals surface area contributed by atoms with Crippen molar-refractivity contribution in [1.29, 1.82) is 0 Å². The lowest BCUT2D eigenvalue weighted by Gasteiger charge is -2.06. The standard InChI is InChI=1S/C9H10N2O/c10-11-8-5-9(12)7-4-2-1-3-6(7)8/h1-4,8,11H,5,10H2. The fraction of sp³-hybridized carbons (Fsp3) is 0.222. The zero-order valence-corrected chi connectivity index (χ0v) is 6.58. The molecule has 0 heterocycles. The topological polar surface area (TPSA) is 55.1 Å². The molecule has 0 saturated heterocycles. The van der Waals surface area contributed by atoms with Crippen molar-refractivity contribution in [2.75, 3.05) is 0 Å². The van der Waals surface area contributed by atoms with Gasteiger partial charge >= 0.3 is 0 Å². The molecule has 3 heteroatoms. The van der Waals surface area contributed by atoms with Gasteiger partial charge in [-0.15, -0.1) is 0 Å². The number of Topliss-reactive ketones (excluding diaryl/α,β-unsaturated/α-hetero) is 1. The zero-order chi connectivity index (χ0) is 8.55. The van der Waals surface area contributed by atoms with Gasteiger partial charge in [0.2, 0.25) is 0 Å². The normalized spacial score (nSPS) is 21.1. The van der Waals surface area contributed by atoms with Gasteiger partial charge < -0.3 is 0 Å². The molecule has 0 spiro atoms. The fourth-order valence-corrected chi connectivity index (χ4v) is 1.61. The van der Waals surface area contributed by atoms with Crippen LogP contribution in [0.1, 0.15) is 28.4 Å². The number of carbonyl (C=O) groups excluding carboxylic acids is 1. The molecule has 1 aromatic carbocycles. The van der Waals surface area contributed by atoms with Crippen molar-refractivity contribution in [3.63, 3.8) is 0 Å². The van der Waals surface area contributed by atoms with Gasteiger partial charge in [-0.3, -0.25) is 16.1 Å². The largest absolute Gasteiger partial charge is 0.294 e. The predicted octanol–water partition coefficient (Wildman–Crippen LogP) is 0.777. The molecule has 0 bridgehead atoms. The van der Waals surface area contributed by atoms with Crippen molar-refractivity contribution >= 4 is 5.78 Å². The first-order valence-electron chi connectivity index (χ1n) is 3.91. The van der Waals surface area contributed by atoms with Crippen LogP contribution in [-0.2, 0) is 0 Å². The molecule has 1 atom stereocenters. The smallest absolute Gasteiger partial charge is 0.165 e. The number of benzene rings is 1. The molecule has 1 aliphatic rings. The Morgan fingerprint density at radius 2 is 2.17 bits per heavy atom. The van der Waals surface area contributed by atoms with E-state index in [9.17, 15) is 4.79 Å². The Morgan fingerprint density at radius 1 is 1.42 bits per heavy atom. The van der Waals surface area contributed by atoms with Gasteiger partial charge in [-0.1, -0.05) is 24.3 Å². The van der Waals surface area contributed by atoms with Crippen LogP contribution < -0.4 is 11.3 Å². The molecule has 0 aliphatic heterocycles. The Morgan fingerprint density at radius 3 is 2.92 bits per heavy atom. The lowest BCUT2D eigenvalue weighted by atomic mass is 10.1. The second-order valence-electron chi connectivity index (χ2n) is 2.93. The summed E-state index contributed by atoms with van der Waals surface area (Å²) >= 11 is 0. The lowest BCUT2D eigenvalue weighted by Crippen LogP contribution is -2.26. The minimum absolute atomic E-state index is 0.00806. The van der Waals surface area contributed by atoms with E-state index in [1.165, 1.54) is 0 Å². The Labute approximate surface area is 70.5 Å². The first-order chi connectivity index (χ1) is 5.83. The van der Waals surface area contributed by atoms with Crippen LogP contribution in [0.5, 0.6) is 0 Å². The molecular formula is C9H10N2O. The van der Waals surface area contributed by atoms with Crippen molar-refractivity contribution in [3.8, 4) is 0 Å². The zero-order valence-electron chi connectivity index (χ0n) is 6.58. The molecule has 0 aromatic heterocycles. The van der Waals surface area contributed by atoms with Gasteiger partial charge in [-0.05, 0) is 5.56 Å². The highest BCUT2D eigenvalue weighted by molar-refractivity contribution is 6.01. The minimum Gasteiger partial charge on any atom is -0.294 e. The van der Waals surface area contributed by atoms with E-state index < -0.39 is 0 Å².